The van der Waals surface area contributed by atoms with Gasteiger partial charge >= 0.3 is 6.09 Å². The van der Waals surface area contributed by atoms with Crippen LogP contribution >= 0.6 is 27.5 Å². The van der Waals surface area contributed by atoms with Crippen molar-refractivity contribution in [3.05, 3.63) is 28.0 Å². The Kier molecular flexibility index (Phi) is 5.57. The van der Waals surface area contributed by atoms with Crippen molar-refractivity contribution < 1.29 is 9.53 Å². The average molecular weight is 403 g/mol. The third-order valence-electron chi connectivity index (χ3n) is 3.23. The van der Waals surface area contributed by atoms with Crippen molar-refractivity contribution in [2.24, 2.45) is 0 Å². The number of aromatic nitrogens is 2. The lowest BCUT2D eigenvalue weighted by molar-refractivity contribution is 0.0295. The first-order valence-electron chi connectivity index (χ1n) is 7.41. The minimum atomic E-state index is -0.476. The molecule has 0 N–H and O–H groups in total. The first-order valence-corrected chi connectivity index (χ1v) is 8.58. The Balaban J connectivity index is 1.96. The molecule has 0 atom stereocenters. The van der Waals surface area contributed by atoms with E-state index >= 15 is 0 Å². The van der Waals surface area contributed by atoms with Crippen molar-refractivity contribution in [1.82, 2.24) is 14.5 Å². The number of hydrogen-bond donors (Lipinski definition) is 0. The van der Waals surface area contributed by atoms with Crippen LogP contribution in [0.5, 0.6) is 0 Å². The van der Waals surface area contributed by atoms with Gasteiger partial charge in [0.1, 0.15) is 5.60 Å². The number of carbonyl (C=O) groups excluding carboxylic acids is 1. The van der Waals surface area contributed by atoms with Crippen molar-refractivity contribution >= 4 is 44.7 Å². The van der Waals surface area contributed by atoms with Crippen molar-refractivity contribution in [2.75, 3.05) is 13.6 Å². The van der Waals surface area contributed by atoms with E-state index in [0.717, 1.165) is 28.5 Å². The SMILES string of the molecule is CN(CCCn1cnc2cc(Cl)cc(Br)c21)C(=O)OC(C)(C)C. The largest absolute Gasteiger partial charge is 0.444 e. The second-order valence-electron chi connectivity index (χ2n) is 6.45. The van der Waals surface area contributed by atoms with Crippen molar-refractivity contribution in [3.8, 4) is 0 Å². The van der Waals surface area contributed by atoms with Crippen molar-refractivity contribution in [2.45, 2.75) is 39.3 Å². The average Bonchev–Trinajstić information content (AvgIpc) is 2.79. The van der Waals surface area contributed by atoms with Gasteiger partial charge in [0.15, 0.2) is 0 Å². The molecule has 7 heteroatoms. The minimum Gasteiger partial charge on any atom is -0.444 e. The number of ether oxygens (including phenoxy) is 1. The van der Waals surface area contributed by atoms with Crippen LogP contribution in [0.1, 0.15) is 27.2 Å². The number of fused-ring (bicyclic) bond motifs is 1. The second-order valence-corrected chi connectivity index (χ2v) is 7.74. The van der Waals surface area contributed by atoms with Gasteiger partial charge in [-0.05, 0) is 55.3 Å². The zero-order chi connectivity index (χ0) is 17.2. The van der Waals surface area contributed by atoms with Gasteiger partial charge in [-0.2, -0.15) is 0 Å². The Hall–Kier alpha value is -1.27. The van der Waals surface area contributed by atoms with Crippen LogP contribution < -0.4 is 0 Å². The van der Waals surface area contributed by atoms with Gasteiger partial charge in [-0.25, -0.2) is 9.78 Å². The molecular formula is C16H21BrClN3O2. The molecule has 0 unspecified atom stereocenters. The van der Waals surface area contributed by atoms with E-state index in [0.29, 0.717) is 11.6 Å². The predicted molar refractivity (Wildman–Crippen MR) is 95.9 cm³/mol. The Morgan fingerprint density at radius 2 is 2.13 bits per heavy atom. The standard InChI is InChI=1S/C16H21BrClN3O2/c1-16(2,3)23-15(22)20(4)6-5-7-21-10-19-13-9-11(18)8-12(17)14(13)21/h8-10H,5-7H2,1-4H3. The molecule has 126 valence electrons. The number of amides is 1. The number of hydrogen-bond acceptors (Lipinski definition) is 3. The molecule has 1 aromatic heterocycles. The molecule has 2 aromatic rings. The normalized spacial score (nSPS) is 11.7. The summed E-state index contributed by atoms with van der Waals surface area (Å²) in [7, 11) is 1.75. The molecule has 0 aliphatic rings. The molecule has 0 fully saturated rings. The molecule has 0 saturated heterocycles. The Bertz CT molecular complexity index is 709. The van der Waals surface area contributed by atoms with Crippen LogP contribution in [0.25, 0.3) is 11.0 Å². The van der Waals surface area contributed by atoms with E-state index in [-0.39, 0.29) is 6.09 Å². The minimum absolute atomic E-state index is 0.305. The van der Waals surface area contributed by atoms with Gasteiger partial charge in [0.2, 0.25) is 0 Å². The first-order chi connectivity index (χ1) is 10.7. The van der Waals surface area contributed by atoms with E-state index in [2.05, 4.69) is 25.5 Å². The van der Waals surface area contributed by atoms with E-state index in [1.807, 2.05) is 32.9 Å². The summed E-state index contributed by atoms with van der Waals surface area (Å²) in [6.07, 6.45) is 2.29. The molecule has 1 heterocycles. The molecule has 0 bridgehead atoms. The highest BCUT2D eigenvalue weighted by atomic mass is 79.9. The summed E-state index contributed by atoms with van der Waals surface area (Å²) in [5, 5.41) is 0.652. The molecule has 0 aliphatic heterocycles. The summed E-state index contributed by atoms with van der Waals surface area (Å²) in [6, 6.07) is 3.69. The Morgan fingerprint density at radius 1 is 1.43 bits per heavy atom. The lowest BCUT2D eigenvalue weighted by Gasteiger charge is -2.24. The third-order valence-corrected chi connectivity index (χ3v) is 4.05. The maximum atomic E-state index is 11.9. The second kappa shape index (κ2) is 7.09. The van der Waals surface area contributed by atoms with Crippen LogP contribution in [0.2, 0.25) is 5.02 Å². The number of nitrogens with zero attached hydrogens (tertiary/aromatic N) is 3. The van der Waals surface area contributed by atoms with Crippen LogP contribution in [0.4, 0.5) is 4.79 Å². The lowest BCUT2D eigenvalue weighted by atomic mass is 10.2. The summed E-state index contributed by atoms with van der Waals surface area (Å²) in [5.41, 5.74) is 1.38. The molecule has 0 aliphatic carbocycles. The quantitative estimate of drug-likeness (QED) is 0.744. The summed E-state index contributed by atoms with van der Waals surface area (Å²) in [5.74, 6) is 0. The van der Waals surface area contributed by atoms with Crippen LogP contribution in [-0.2, 0) is 11.3 Å². The number of halogens is 2. The van der Waals surface area contributed by atoms with Gasteiger partial charge in [0.25, 0.3) is 0 Å². The highest BCUT2D eigenvalue weighted by Gasteiger charge is 2.19. The number of imidazole rings is 1. The highest BCUT2D eigenvalue weighted by Crippen LogP contribution is 2.27. The Labute approximate surface area is 149 Å². The molecule has 1 aromatic carbocycles. The van der Waals surface area contributed by atoms with Crippen LogP contribution in [0.3, 0.4) is 0 Å². The van der Waals surface area contributed by atoms with E-state index in [4.69, 9.17) is 16.3 Å². The number of benzene rings is 1. The van der Waals surface area contributed by atoms with E-state index in [9.17, 15) is 4.79 Å². The van der Waals surface area contributed by atoms with Gasteiger partial charge in [-0.15, -0.1) is 0 Å². The molecule has 5 nitrogen and oxygen atoms in total. The molecule has 0 saturated carbocycles. The summed E-state index contributed by atoms with van der Waals surface area (Å²) in [6.45, 7) is 6.95. The topological polar surface area (TPSA) is 47.4 Å². The van der Waals surface area contributed by atoms with Gasteiger partial charge < -0.3 is 14.2 Å². The fourth-order valence-electron chi connectivity index (χ4n) is 2.20. The van der Waals surface area contributed by atoms with Crippen LogP contribution in [-0.4, -0.2) is 39.7 Å². The summed E-state index contributed by atoms with van der Waals surface area (Å²) < 4.78 is 8.30. The molecule has 0 spiro atoms. The predicted octanol–water partition coefficient (Wildman–Crippen LogP) is 4.71. The number of carbonyl (C=O) groups is 1. The van der Waals surface area contributed by atoms with Crippen LogP contribution in [0.15, 0.2) is 22.9 Å². The maximum Gasteiger partial charge on any atom is 0.410 e. The first kappa shape index (κ1) is 18.1. The molecule has 1 amide bonds. The fraction of sp³-hybridized carbons (Fsp3) is 0.500. The molecule has 2 rings (SSSR count). The Morgan fingerprint density at radius 3 is 2.78 bits per heavy atom. The number of rotatable bonds is 4. The van der Waals surface area contributed by atoms with Crippen molar-refractivity contribution in [3.63, 3.8) is 0 Å². The smallest absolute Gasteiger partial charge is 0.410 e. The van der Waals surface area contributed by atoms with E-state index in [1.165, 1.54) is 0 Å². The van der Waals surface area contributed by atoms with Crippen molar-refractivity contribution in [1.29, 1.82) is 0 Å². The third kappa shape index (κ3) is 4.85. The van der Waals surface area contributed by atoms with E-state index in [1.54, 1.807) is 18.3 Å². The van der Waals surface area contributed by atoms with Crippen LogP contribution in [0, 0.1) is 0 Å². The molecule has 23 heavy (non-hydrogen) atoms. The molecule has 0 radical (unpaired) electrons. The summed E-state index contributed by atoms with van der Waals surface area (Å²) in [4.78, 5) is 17.9. The molecular weight excluding hydrogens is 382 g/mol. The van der Waals surface area contributed by atoms with E-state index < -0.39 is 5.60 Å². The fourth-order valence-corrected chi connectivity index (χ4v) is 3.23. The maximum absolute atomic E-state index is 11.9. The highest BCUT2D eigenvalue weighted by molar-refractivity contribution is 9.10. The number of aryl methyl sites for hydroxylation is 1. The zero-order valence-corrected chi connectivity index (χ0v) is 16.1. The van der Waals surface area contributed by atoms with Gasteiger partial charge in [-0.3, -0.25) is 0 Å². The van der Waals surface area contributed by atoms with Gasteiger partial charge in [0.05, 0.1) is 17.4 Å². The lowest BCUT2D eigenvalue weighted by Crippen LogP contribution is -2.35. The zero-order valence-electron chi connectivity index (χ0n) is 13.8. The summed E-state index contributed by atoms with van der Waals surface area (Å²) >= 11 is 9.55. The van der Waals surface area contributed by atoms with Gasteiger partial charge in [0, 0.05) is 29.6 Å². The van der Waals surface area contributed by atoms with Gasteiger partial charge in [-0.1, -0.05) is 11.6 Å². The monoisotopic (exact) mass is 401 g/mol.